The largest absolute Gasteiger partial charge is 0.464 e. The number of hydrogen-bond donors (Lipinski definition) is 1. The van der Waals surface area contributed by atoms with Gasteiger partial charge in [0.1, 0.15) is 0 Å². The molecule has 1 rings (SSSR count). The first-order chi connectivity index (χ1) is 8.60. The molecule has 2 N–H and O–H groups in total. The Morgan fingerprint density at radius 2 is 2.11 bits per heavy atom. The number of amides is 1. The number of carbonyl (C=O) groups is 2. The van der Waals surface area contributed by atoms with Crippen LogP contribution in [0.1, 0.15) is 26.7 Å². The summed E-state index contributed by atoms with van der Waals surface area (Å²) in [5.41, 5.74) is 5.59. The maximum absolute atomic E-state index is 12.0. The molecule has 1 amide bonds. The van der Waals surface area contributed by atoms with Gasteiger partial charge in [0.15, 0.2) is 6.04 Å². The molecule has 0 radical (unpaired) electrons. The van der Waals surface area contributed by atoms with Gasteiger partial charge in [0.25, 0.3) is 5.91 Å². The Morgan fingerprint density at radius 1 is 1.39 bits per heavy atom. The van der Waals surface area contributed by atoms with E-state index in [4.69, 9.17) is 15.2 Å². The highest BCUT2D eigenvalue weighted by atomic mass is 16.5. The predicted octanol–water partition coefficient (Wildman–Crippen LogP) is -0.0957. The molecule has 2 atom stereocenters. The summed E-state index contributed by atoms with van der Waals surface area (Å²) >= 11 is 0. The van der Waals surface area contributed by atoms with E-state index in [2.05, 4.69) is 0 Å². The molecule has 0 aliphatic carbocycles. The lowest BCUT2D eigenvalue weighted by Gasteiger charge is -2.33. The second kappa shape index (κ2) is 7.33. The Morgan fingerprint density at radius 3 is 2.72 bits per heavy atom. The minimum atomic E-state index is -1.22. The molecule has 0 aromatic heterocycles. The zero-order chi connectivity index (χ0) is 13.5. The van der Waals surface area contributed by atoms with Crippen LogP contribution in [0.15, 0.2) is 0 Å². The van der Waals surface area contributed by atoms with Crippen LogP contribution in [0.3, 0.4) is 0 Å². The zero-order valence-electron chi connectivity index (χ0n) is 11.1. The molecule has 1 fully saturated rings. The number of carbonyl (C=O) groups excluding carboxylic acids is 2. The highest BCUT2D eigenvalue weighted by Gasteiger charge is 2.31. The molecule has 6 nitrogen and oxygen atoms in total. The molecule has 104 valence electrons. The first-order valence-corrected chi connectivity index (χ1v) is 6.42. The van der Waals surface area contributed by atoms with Crippen LogP contribution >= 0.6 is 0 Å². The van der Waals surface area contributed by atoms with Gasteiger partial charge < -0.3 is 20.1 Å². The predicted molar refractivity (Wildman–Crippen MR) is 65.8 cm³/mol. The molecule has 6 heteroatoms. The fourth-order valence-corrected chi connectivity index (χ4v) is 2.04. The first kappa shape index (κ1) is 14.9. The zero-order valence-corrected chi connectivity index (χ0v) is 11.1. The van der Waals surface area contributed by atoms with Gasteiger partial charge >= 0.3 is 5.97 Å². The molecule has 2 unspecified atom stereocenters. The van der Waals surface area contributed by atoms with E-state index in [1.54, 1.807) is 11.8 Å². The van der Waals surface area contributed by atoms with Gasteiger partial charge in [-0.05, 0) is 26.7 Å². The number of rotatable bonds is 5. The summed E-state index contributed by atoms with van der Waals surface area (Å²) in [6.07, 6.45) is 1.85. The van der Waals surface area contributed by atoms with Gasteiger partial charge in [0, 0.05) is 19.7 Å². The van der Waals surface area contributed by atoms with Crippen LogP contribution in [0.4, 0.5) is 0 Å². The van der Waals surface area contributed by atoms with Gasteiger partial charge in [-0.2, -0.15) is 0 Å². The van der Waals surface area contributed by atoms with Crippen LogP contribution in [0.5, 0.6) is 0 Å². The average Bonchev–Trinajstić information content (AvgIpc) is 2.38. The highest BCUT2D eigenvalue weighted by molar-refractivity contribution is 6.01. The maximum atomic E-state index is 12.0. The van der Waals surface area contributed by atoms with E-state index in [9.17, 15) is 9.59 Å². The van der Waals surface area contributed by atoms with Gasteiger partial charge in [0.05, 0.1) is 12.7 Å². The second-order valence-corrected chi connectivity index (χ2v) is 4.23. The number of piperidine rings is 1. The van der Waals surface area contributed by atoms with Crippen molar-refractivity contribution in [2.45, 2.75) is 38.8 Å². The summed E-state index contributed by atoms with van der Waals surface area (Å²) < 4.78 is 10.2. The van der Waals surface area contributed by atoms with Crippen molar-refractivity contribution in [3.63, 3.8) is 0 Å². The number of likely N-dealkylation sites (tertiary alicyclic amines) is 1. The molecule has 0 spiro atoms. The SMILES string of the molecule is CCOC(=O)C(N)C(=O)N1CCCC(OCC)C1. The summed E-state index contributed by atoms with van der Waals surface area (Å²) in [5.74, 6) is -1.04. The molecular weight excluding hydrogens is 236 g/mol. The summed E-state index contributed by atoms with van der Waals surface area (Å²) in [6, 6.07) is -1.22. The van der Waals surface area contributed by atoms with E-state index >= 15 is 0 Å². The third-order valence-electron chi connectivity index (χ3n) is 2.90. The molecule has 18 heavy (non-hydrogen) atoms. The van der Waals surface area contributed by atoms with Crippen molar-refractivity contribution in [1.29, 1.82) is 0 Å². The number of hydrogen-bond acceptors (Lipinski definition) is 5. The third kappa shape index (κ3) is 3.96. The van der Waals surface area contributed by atoms with Crippen LogP contribution in [-0.4, -0.2) is 55.2 Å². The van der Waals surface area contributed by atoms with Crippen molar-refractivity contribution in [3.05, 3.63) is 0 Å². The van der Waals surface area contributed by atoms with Crippen LogP contribution in [0, 0.1) is 0 Å². The Balaban J connectivity index is 2.52. The molecule has 1 heterocycles. The molecule has 0 bridgehead atoms. The number of ether oxygens (including phenoxy) is 2. The maximum Gasteiger partial charge on any atom is 0.332 e. The van der Waals surface area contributed by atoms with Crippen molar-refractivity contribution in [3.8, 4) is 0 Å². The highest BCUT2D eigenvalue weighted by Crippen LogP contribution is 2.14. The van der Waals surface area contributed by atoms with Crippen molar-refractivity contribution < 1.29 is 19.1 Å². The van der Waals surface area contributed by atoms with E-state index in [1.807, 2.05) is 6.92 Å². The normalized spacial score (nSPS) is 21.5. The van der Waals surface area contributed by atoms with Crippen molar-refractivity contribution >= 4 is 11.9 Å². The molecule has 0 aromatic rings. The topological polar surface area (TPSA) is 81.9 Å². The standard InChI is InChI=1S/C12H22N2O4/c1-3-17-9-6-5-7-14(8-9)11(15)10(13)12(16)18-4-2/h9-10H,3-8,13H2,1-2H3. The van der Waals surface area contributed by atoms with Crippen molar-refractivity contribution in [1.82, 2.24) is 4.90 Å². The molecule has 0 aromatic carbocycles. The average molecular weight is 258 g/mol. The summed E-state index contributed by atoms with van der Waals surface area (Å²) in [7, 11) is 0. The molecular formula is C12H22N2O4. The first-order valence-electron chi connectivity index (χ1n) is 6.42. The molecule has 1 saturated heterocycles. The number of nitrogens with two attached hydrogens (primary N) is 1. The van der Waals surface area contributed by atoms with Gasteiger partial charge in [-0.1, -0.05) is 0 Å². The van der Waals surface area contributed by atoms with E-state index in [-0.39, 0.29) is 18.6 Å². The Bertz CT molecular complexity index is 294. The van der Waals surface area contributed by atoms with Crippen LogP contribution in [0.25, 0.3) is 0 Å². The lowest BCUT2D eigenvalue weighted by molar-refractivity contribution is -0.152. The number of nitrogens with zero attached hydrogens (tertiary/aromatic N) is 1. The Labute approximate surface area is 107 Å². The van der Waals surface area contributed by atoms with Crippen molar-refractivity contribution in [2.24, 2.45) is 5.73 Å². The molecule has 0 saturated carbocycles. The van der Waals surface area contributed by atoms with E-state index in [1.165, 1.54) is 0 Å². The van der Waals surface area contributed by atoms with Crippen LogP contribution in [-0.2, 0) is 19.1 Å². The van der Waals surface area contributed by atoms with Gasteiger partial charge in [0.2, 0.25) is 0 Å². The lowest BCUT2D eigenvalue weighted by Crippen LogP contribution is -2.53. The van der Waals surface area contributed by atoms with Gasteiger partial charge in [-0.25, -0.2) is 4.79 Å². The lowest BCUT2D eigenvalue weighted by atomic mass is 10.1. The summed E-state index contributed by atoms with van der Waals surface area (Å²) in [6.45, 7) is 5.57. The fourth-order valence-electron chi connectivity index (χ4n) is 2.04. The van der Waals surface area contributed by atoms with E-state index < -0.39 is 12.0 Å². The summed E-state index contributed by atoms with van der Waals surface area (Å²) in [5, 5.41) is 0. The quantitative estimate of drug-likeness (QED) is 0.550. The molecule has 1 aliphatic rings. The third-order valence-corrected chi connectivity index (χ3v) is 2.90. The number of esters is 1. The van der Waals surface area contributed by atoms with Crippen LogP contribution < -0.4 is 5.73 Å². The second-order valence-electron chi connectivity index (χ2n) is 4.23. The monoisotopic (exact) mass is 258 g/mol. The van der Waals surface area contributed by atoms with E-state index in [0.717, 1.165) is 12.8 Å². The van der Waals surface area contributed by atoms with Gasteiger partial charge in [-0.15, -0.1) is 0 Å². The minimum Gasteiger partial charge on any atom is -0.464 e. The van der Waals surface area contributed by atoms with Crippen LogP contribution in [0.2, 0.25) is 0 Å². The molecule has 1 aliphatic heterocycles. The Kier molecular flexibility index (Phi) is 6.07. The van der Waals surface area contributed by atoms with Crippen molar-refractivity contribution in [2.75, 3.05) is 26.3 Å². The smallest absolute Gasteiger partial charge is 0.332 e. The van der Waals surface area contributed by atoms with E-state index in [0.29, 0.717) is 19.7 Å². The Hall–Kier alpha value is -1.14. The minimum absolute atomic E-state index is 0.0436. The van der Waals surface area contributed by atoms with Gasteiger partial charge in [-0.3, -0.25) is 4.79 Å². The summed E-state index contributed by atoms with van der Waals surface area (Å²) in [4.78, 5) is 25.0. The fraction of sp³-hybridized carbons (Fsp3) is 0.833.